The van der Waals surface area contributed by atoms with Crippen LogP contribution >= 0.6 is 15.9 Å². The van der Waals surface area contributed by atoms with Gasteiger partial charge < -0.3 is 0 Å². The molecule has 72 valence electrons. The SMILES string of the molecule is O=S(=O)(CF)c1ccc(F)c(Br)c1. The van der Waals surface area contributed by atoms with E-state index in [9.17, 15) is 17.2 Å². The maximum atomic E-state index is 12.7. The molecule has 13 heavy (non-hydrogen) atoms. The Morgan fingerprint density at radius 3 is 2.46 bits per heavy atom. The van der Waals surface area contributed by atoms with Crippen molar-refractivity contribution in [2.24, 2.45) is 0 Å². The van der Waals surface area contributed by atoms with Gasteiger partial charge in [0.1, 0.15) is 5.82 Å². The molecule has 2 nitrogen and oxygen atoms in total. The third-order valence-electron chi connectivity index (χ3n) is 1.39. The van der Waals surface area contributed by atoms with Crippen LogP contribution in [0.3, 0.4) is 0 Å². The van der Waals surface area contributed by atoms with Gasteiger partial charge in [0.05, 0.1) is 9.37 Å². The molecule has 1 aromatic rings. The Bertz CT molecular complexity index is 417. The molecule has 0 saturated carbocycles. The van der Waals surface area contributed by atoms with E-state index >= 15 is 0 Å². The maximum Gasteiger partial charge on any atom is 0.207 e. The third kappa shape index (κ3) is 2.25. The zero-order chi connectivity index (χ0) is 10.1. The predicted molar refractivity (Wildman–Crippen MR) is 47.3 cm³/mol. The topological polar surface area (TPSA) is 34.1 Å². The highest BCUT2D eigenvalue weighted by atomic mass is 79.9. The lowest BCUT2D eigenvalue weighted by Crippen LogP contribution is -2.02. The molecule has 6 heteroatoms. The number of alkyl halides is 1. The van der Waals surface area contributed by atoms with Crippen LogP contribution in [0.1, 0.15) is 0 Å². The Labute approximate surface area is 82.6 Å². The van der Waals surface area contributed by atoms with Gasteiger partial charge in [-0.05, 0) is 34.1 Å². The zero-order valence-corrected chi connectivity index (χ0v) is 8.70. The molecule has 0 saturated heterocycles. The summed E-state index contributed by atoms with van der Waals surface area (Å²) in [5, 5.41) is 0. The first-order chi connectivity index (χ1) is 5.97. The van der Waals surface area contributed by atoms with E-state index in [4.69, 9.17) is 0 Å². The average Bonchev–Trinajstić information content (AvgIpc) is 2.09. The summed E-state index contributed by atoms with van der Waals surface area (Å²) in [4.78, 5) is -0.233. The van der Waals surface area contributed by atoms with Gasteiger partial charge in [0.2, 0.25) is 9.84 Å². The Morgan fingerprint density at radius 2 is 2.00 bits per heavy atom. The summed E-state index contributed by atoms with van der Waals surface area (Å²) in [6.45, 7) is 0. The quantitative estimate of drug-likeness (QED) is 0.773. The van der Waals surface area contributed by atoms with E-state index in [0.29, 0.717) is 0 Å². The van der Waals surface area contributed by atoms with Crippen LogP contribution in [0.2, 0.25) is 0 Å². The van der Waals surface area contributed by atoms with Gasteiger partial charge in [-0.25, -0.2) is 17.2 Å². The number of sulfone groups is 1. The van der Waals surface area contributed by atoms with Gasteiger partial charge in [-0.2, -0.15) is 0 Å². The lowest BCUT2D eigenvalue weighted by Gasteiger charge is -2.00. The van der Waals surface area contributed by atoms with Crippen molar-refractivity contribution in [2.45, 2.75) is 4.90 Å². The van der Waals surface area contributed by atoms with Crippen molar-refractivity contribution < 1.29 is 17.2 Å². The second-order valence-corrected chi connectivity index (χ2v) is 5.07. The van der Waals surface area contributed by atoms with Gasteiger partial charge in [-0.1, -0.05) is 0 Å². The van der Waals surface area contributed by atoms with E-state index in [2.05, 4.69) is 15.9 Å². The van der Waals surface area contributed by atoms with Crippen LogP contribution in [-0.4, -0.2) is 14.4 Å². The highest BCUT2D eigenvalue weighted by Gasteiger charge is 2.14. The van der Waals surface area contributed by atoms with E-state index in [0.717, 1.165) is 18.2 Å². The molecule has 0 atom stereocenters. The van der Waals surface area contributed by atoms with Crippen LogP contribution < -0.4 is 0 Å². The standard InChI is InChI=1S/C7H5BrF2O2S/c8-6-3-5(1-2-7(6)10)13(11,12)4-9/h1-3H,4H2. The van der Waals surface area contributed by atoms with Crippen LogP contribution in [0.5, 0.6) is 0 Å². The molecule has 0 aliphatic carbocycles. The molecule has 0 heterocycles. The minimum atomic E-state index is -3.90. The highest BCUT2D eigenvalue weighted by Crippen LogP contribution is 2.20. The molecule has 0 aromatic heterocycles. The first kappa shape index (κ1) is 10.6. The van der Waals surface area contributed by atoms with E-state index in [1.165, 1.54) is 0 Å². The van der Waals surface area contributed by atoms with Crippen LogP contribution in [0.4, 0.5) is 8.78 Å². The Morgan fingerprint density at radius 1 is 1.38 bits per heavy atom. The first-order valence-electron chi connectivity index (χ1n) is 3.21. The normalized spacial score (nSPS) is 11.6. The molecule has 0 unspecified atom stereocenters. The van der Waals surface area contributed by atoms with Crippen LogP contribution in [0.15, 0.2) is 27.6 Å². The Hall–Kier alpha value is -0.490. The van der Waals surface area contributed by atoms with Crippen LogP contribution in [0, 0.1) is 5.82 Å². The number of benzene rings is 1. The lowest BCUT2D eigenvalue weighted by atomic mass is 10.3. The third-order valence-corrected chi connectivity index (χ3v) is 3.26. The molecule has 0 radical (unpaired) electrons. The largest absolute Gasteiger partial charge is 0.233 e. The molecule has 0 aliphatic rings. The van der Waals surface area contributed by atoms with Crippen molar-refractivity contribution in [1.29, 1.82) is 0 Å². The maximum absolute atomic E-state index is 12.7. The summed E-state index contributed by atoms with van der Waals surface area (Å²) in [5.74, 6) is -0.585. The second kappa shape index (κ2) is 3.71. The van der Waals surface area contributed by atoms with Gasteiger partial charge in [0, 0.05) is 0 Å². The molecule has 0 fully saturated rings. The van der Waals surface area contributed by atoms with Crippen molar-refractivity contribution in [3.63, 3.8) is 0 Å². The minimum absolute atomic E-state index is 0.00188. The van der Waals surface area contributed by atoms with Gasteiger partial charge in [0.25, 0.3) is 0 Å². The summed E-state index contributed by atoms with van der Waals surface area (Å²) < 4.78 is 46.5. The number of hydrogen-bond donors (Lipinski definition) is 0. The predicted octanol–water partition coefficient (Wildman–Crippen LogP) is 2.29. The fraction of sp³-hybridized carbons (Fsp3) is 0.143. The van der Waals surface area contributed by atoms with Gasteiger partial charge in [-0.3, -0.25) is 0 Å². The Kier molecular flexibility index (Phi) is 3.02. The number of hydrogen-bond acceptors (Lipinski definition) is 2. The fourth-order valence-corrected chi connectivity index (χ4v) is 1.96. The van der Waals surface area contributed by atoms with Gasteiger partial charge in [0.15, 0.2) is 6.01 Å². The van der Waals surface area contributed by atoms with E-state index < -0.39 is 21.7 Å². The average molecular weight is 271 g/mol. The lowest BCUT2D eigenvalue weighted by molar-refractivity contribution is 0.534. The summed E-state index contributed by atoms with van der Waals surface area (Å²) in [6.07, 6.45) is 0. The smallest absolute Gasteiger partial charge is 0.207 e. The molecule has 0 bridgehead atoms. The number of rotatable bonds is 2. The summed E-state index contributed by atoms with van der Waals surface area (Å²) in [7, 11) is -3.90. The molecular formula is C7H5BrF2O2S. The zero-order valence-electron chi connectivity index (χ0n) is 6.30. The van der Waals surface area contributed by atoms with E-state index in [-0.39, 0.29) is 9.37 Å². The summed E-state index contributed by atoms with van der Waals surface area (Å²) in [5.41, 5.74) is 0. The molecular weight excluding hydrogens is 266 g/mol. The highest BCUT2D eigenvalue weighted by molar-refractivity contribution is 9.10. The van der Waals surface area contributed by atoms with Crippen molar-refractivity contribution >= 4 is 25.8 Å². The van der Waals surface area contributed by atoms with Crippen molar-refractivity contribution in [1.82, 2.24) is 0 Å². The fourth-order valence-electron chi connectivity index (χ4n) is 0.733. The molecule has 0 N–H and O–H groups in total. The number of halogens is 3. The summed E-state index contributed by atoms with van der Waals surface area (Å²) in [6, 6.07) is 1.54. The van der Waals surface area contributed by atoms with Crippen LogP contribution in [0.25, 0.3) is 0 Å². The molecule has 0 aliphatic heterocycles. The van der Waals surface area contributed by atoms with E-state index in [1.807, 2.05) is 0 Å². The monoisotopic (exact) mass is 270 g/mol. The minimum Gasteiger partial charge on any atom is -0.233 e. The van der Waals surface area contributed by atoms with Crippen LogP contribution in [-0.2, 0) is 9.84 Å². The molecule has 0 spiro atoms. The van der Waals surface area contributed by atoms with Gasteiger partial charge >= 0.3 is 0 Å². The molecule has 0 amide bonds. The van der Waals surface area contributed by atoms with Crippen molar-refractivity contribution in [3.8, 4) is 0 Å². The van der Waals surface area contributed by atoms with Crippen molar-refractivity contribution in [2.75, 3.05) is 6.01 Å². The Balaban J connectivity index is 3.27. The van der Waals surface area contributed by atoms with Gasteiger partial charge in [-0.15, -0.1) is 0 Å². The second-order valence-electron chi connectivity index (χ2n) is 2.30. The molecule has 1 rings (SSSR count). The van der Waals surface area contributed by atoms with E-state index in [1.54, 1.807) is 0 Å². The summed E-state index contributed by atoms with van der Waals surface area (Å²) >= 11 is 2.81. The molecule has 1 aromatic carbocycles. The first-order valence-corrected chi connectivity index (χ1v) is 5.65. The van der Waals surface area contributed by atoms with Crippen molar-refractivity contribution in [3.05, 3.63) is 28.5 Å².